The second kappa shape index (κ2) is 13.7. The number of aromatic nitrogens is 4. The van der Waals surface area contributed by atoms with E-state index in [9.17, 15) is 9.59 Å². The first-order chi connectivity index (χ1) is 20.6. The van der Waals surface area contributed by atoms with Crippen molar-refractivity contribution in [2.45, 2.75) is 72.1 Å². The van der Waals surface area contributed by atoms with E-state index in [1.54, 1.807) is 0 Å². The standard InChI is InChI=1S/C30H50N10O3/c1-6-35-14-16-37(17-15-35)11-9-12-39-22-31-24-25(38-20-18-36(7-2)19-21-38)32-28(33-26(24)39)34-27(41)23-10-8-13-40(23)29(42)43-30(3,4)5/h22-23H,6-21H2,1-5H3,(H,32,33,34,41). The number of nitrogens with one attached hydrogen (secondary N) is 1. The Morgan fingerprint density at radius 2 is 1.56 bits per heavy atom. The molecule has 43 heavy (non-hydrogen) atoms. The zero-order chi connectivity index (χ0) is 30.6. The van der Waals surface area contributed by atoms with Crippen molar-refractivity contribution in [1.29, 1.82) is 0 Å². The normalized spacial score (nSPS) is 21.1. The number of carbonyl (C=O) groups excluding carboxylic acids is 2. The number of fused-ring (bicyclic) bond motifs is 1. The molecule has 2 aromatic rings. The van der Waals surface area contributed by atoms with Gasteiger partial charge in [0.05, 0.1) is 6.33 Å². The predicted molar refractivity (Wildman–Crippen MR) is 167 cm³/mol. The largest absolute Gasteiger partial charge is 0.444 e. The van der Waals surface area contributed by atoms with Gasteiger partial charge in [0.25, 0.3) is 0 Å². The molecule has 3 saturated heterocycles. The van der Waals surface area contributed by atoms with Crippen LogP contribution in [0.5, 0.6) is 0 Å². The molecule has 0 saturated carbocycles. The lowest BCUT2D eigenvalue weighted by molar-refractivity contribution is -0.120. The Balaban J connectivity index is 1.33. The lowest BCUT2D eigenvalue weighted by atomic mass is 10.2. The summed E-state index contributed by atoms with van der Waals surface area (Å²) in [5.41, 5.74) is 0.855. The fourth-order valence-corrected chi connectivity index (χ4v) is 6.21. The van der Waals surface area contributed by atoms with Gasteiger partial charge in [-0.3, -0.25) is 15.0 Å². The van der Waals surface area contributed by atoms with Crippen LogP contribution in [-0.4, -0.2) is 141 Å². The number of hydrogen-bond acceptors (Lipinski definition) is 10. The van der Waals surface area contributed by atoms with E-state index in [0.717, 1.165) is 108 Å². The highest BCUT2D eigenvalue weighted by Crippen LogP contribution is 2.27. The number of hydrogen-bond donors (Lipinski definition) is 1. The number of carbonyl (C=O) groups is 2. The van der Waals surface area contributed by atoms with E-state index in [2.05, 4.69) is 43.3 Å². The number of likely N-dealkylation sites (tertiary alicyclic amines) is 1. The Kier molecular flexibility index (Phi) is 10.0. The van der Waals surface area contributed by atoms with Crippen LogP contribution in [0.2, 0.25) is 0 Å². The van der Waals surface area contributed by atoms with Crippen molar-refractivity contribution in [3.63, 3.8) is 0 Å². The van der Waals surface area contributed by atoms with E-state index in [1.807, 2.05) is 27.1 Å². The Hall–Kier alpha value is -3.03. The zero-order valence-electron chi connectivity index (χ0n) is 26.7. The van der Waals surface area contributed by atoms with E-state index in [0.29, 0.717) is 13.0 Å². The van der Waals surface area contributed by atoms with E-state index in [4.69, 9.17) is 19.7 Å². The molecule has 13 nitrogen and oxygen atoms in total. The van der Waals surface area contributed by atoms with E-state index < -0.39 is 17.7 Å². The van der Waals surface area contributed by atoms with Crippen molar-refractivity contribution < 1.29 is 14.3 Å². The number of anilines is 2. The van der Waals surface area contributed by atoms with Gasteiger partial charge >= 0.3 is 6.09 Å². The van der Waals surface area contributed by atoms with Crippen LogP contribution in [0.25, 0.3) is 11.2 Å². The maximum Gasteiger partial charge on any atom is 0.410 e. The van der Waals surface area contributed by atoms with Gasteiger partial charge in [-0.25, -0.2) is 9.78 Å². The number of imidazole rings is 1. The van der Waals surface area contributed by atoms with Gasteiger partial charge in [-0.1, -0.05) is 13.8 Å². The fourth-order valence-electron chi connectivity index (χ4n) is 6.21. The Bertz CT molecular complexity index is 1240. The minimum absolute atomic E-state index is 0.249. The average molecular weight is 599 g/mol. The van der Waals surface area contributed by atoms with E-state index >= 15 is 0 Å². The monoisotopic (exact) mass is 598 g/mol. The third kappa shape index (κ3) is 7.74. The summed E-state index contributed by atoms with van der Waals surface area (Å²) >= 11 is 0. The summed E-state index contributed by atoms with van der Waals surface area (Å²) < 4.78 is 7.66. The molecule has 3 fully saturated rings. The first-order valence-corrected chi connectivity index (χ1v) is 16.1. The van der Waals surface area contributed by atoms with Gasteiger partial charge in [0.1, 0.15) is 11.6 Å². The van der Waals surface area contributed by atoms with Crippen molar-refractivity contribution in [3.8, 4) is 0 Å². The third-order valence-corrected chi connectivity index (χ3v) is 8.77. The second-order valence-corrected chi connectivity index (χ2v) is 12.9. The molecule has 1 unspecified atom stereocenters. The highest BCUT2D eigenvalue weighted by molar-refractivity contribution is 5.97. The van der Waals surface area contributed by atoms with E-state index in [1.165, 1.54) is 4.90 Å². The van der Waals surface area contributed by atoms with Gasteiger partial charge in [-0.2, -0.15) is 9.97 Å². The summed E-state index contributed by atoms with van der Waals surface area (Å²) in [6.45, 7) is 22.3. The molecule has 1 atom stereocenters. The second-order valence-electron chi connectivity index (χ2n) is 12.9. The van der Waals surface area contributed by atoms with E-state index in [-0.39, 0.29) is 11.9 Å². The van der Waals surface area contributed by atoms with Gasteiger partial charge in [0, 0.05) is 65.4 Å². The fraction of sp³-hybridized carbons (Fsp3) is 0.767. The zero-order valence-corrected chi connectivity index (χ0v) is 26.7. The van der Waals surface area contributed by atoms with Crippen LogP contribution in [0, 0.1) is 0 Å². The maximum absolute atomic E-state index is 13.5. The van der Waals surface area contributed by atoms with Crippen LogP contribution in [0.4, 0.5) is 16.6 Å². The Labute approximate surface area is 255 Å². The molecule has 2 aromatic heterocycles. The first kappa shape index (κ1) is 31.4. The molecule has 13 heteroatoms. The van der Waals surface area contributed by atoms with Gasteiger partial charge in [0.15, 0.2) is 17.0 Å². The van der Waals surface area contributed by atoms with Crippen LogP contribution in [0.15, 0.2) is 6.33 Å². The molecule has 238 valence electrons. The number of amides is 2. The van der Waals surface area contributed by atoms with Crippen LogP contribution in [0.3, 0.4) is 0 Å². The summed E-state index contributed by atoms with van der Waals surface area (Å²) in [5, 5.41) is 2.96. The summed E-state index contributed by atoms with van der Waals surface area (Å²) in [6.07, 6.45) is 3.69. The molecule has 0 radical (unpaired) electrons. The molecular weight excluding hydrogens is 548 g/mol. The maximum atomic E-state index is 13.5. The van der Waals surface area contributed by atoms with Crippen LogP contribution in [-0.2, 0) is 16.1 Å². The molecule has 5 rings (SSSR count). The Morgan fingerprint density at radius 1 is 0.907 bits per heavy atom. The van der Waals surface area contributed by atoms with Crippen LogP contribution < -0.4 is 10.2 Å². The van der Waals surface area contributed by atoms with Crippen molar-refractivity contribution >= 4 is 34.9 Å². The van der Waals surface area contributed by atoms with Crippen LogP contribution >= 0.6 is 0 Å². The highest BCUT2D eigenvalue weighted by atomic mass is 16.6. The van der Waals surface area contributed by atoms with Crippen LogP contribution in [0.1, 0.15) is 53.9 Å². The number of rotatable bonds is 9. The van der Waals surface area contributed by atoms with Gasteiger partial charge in [0.2, 0.25) is 11.9 Å². The number of ether oxygens (including phenoxy) is 1. The summed E-state index contributed by atoms with van der Waals surface area (Å²) in [4.78, 5) is 52.0. The van der Waals surface area contributed by atoms with Crippen molar-refractivity contribution in [2.75, 3.05) is 88.8 Å². The number of piperazine rings is 2. The smallest absolute Gasteiger partial charge is 0.410 e. The molecule has 0 spiro atoms. The number of aryl methyl sites for hydroxylation is 1. The summed E-state index contributed by atoms with van der Waals surface area (Å²) in [5.74, 6) is 0.710. The van der Waals surface area contributed by atoms with Crippen molar-refractivity contribution in [2.24, 2.45) is 0 Å². The predicted octanol–water partition coefficient (Wildman–Crippen LogP) is 2.33. The molecule has 0 aliphatic carbocycles. The molecule has 3 aliphatic rings. The molecule has 0 aromatic carbocycles. The molecule has 3 aliphatic heterocycles. The van der Waals surface area contributed by atoms with Crippen molar-refractivity contribution in [1.82, 2.24) is 39.1 Å². The SMILES string of the molecule is CCN1CCN(CCCn2cnc3c(N4CCN(CC)CC4)nc(NC(=O)C4CCCN4C(=O)OC(C)(C)C)nc32)CC1. The minimum Gasteiger partial charge on any atom is -0.444 e. The minimum atomic E-state index is -0.631. The molecule has 1 N–H and O–H groups in total. The first-order valence-electron chi connectivity index (χ1n) is 16.1. The highest BCUT2D eigenvalue weighted by Gasteiger charge is 2.37. The van der Waals surface area contributed by atoms with Gasteiger partial charge in [-0.15, -0.1) is 0 Å². The van der Waals surface area contributed by atoms with Gasteiger partial charge in [-0.05, 0) is 59.7 Å². The van der Waals surface area contributed by atoms with Crippen molar-refractivity contribution in [3.05, 3.63) is 6.33 Å². The molecule has 0 bridgehead atoms. The quantitative estimate of drug-likeness (QED) is 0.461. The topological polar surface area (TPSA) is 115 Å². The third-order valence-electron chi connectivity index (χ3n) is 8.77. The summed E-state index contributed by atoms with van der Waals surface area (Å²) in [6, 6.07) is -0.621. The van der Waals surface area contributed by atoms with Gasteiger partial charge < -0.3 is 28.9 Å². The lowest BCUT2D eigenvalue weighted by Gasteiger charge is -2.34. The molecule has 5 heterocycles. The summed E-state index contributed by atoms with van der Waals surface area (Å²) in [7, 11) is 0. The number of nitrogens with zero attached hydrogens (tertiary/aromatic N) is 9. The average Bonchev–Trinajstić information content (AvgIpc) is 3.64. The molecular formula is C30H50N10O3. The molecule has 2 amide bonds. The number of likely N-dealkylation sites (N-methyl/N-ethyl adjacent to an activating group) is 2. The Morgan fingerprint density at radius 3 is 2.21 bits per heavy atom. The lowest BCUT2D eigenvalue weighted by Crippen LogP contribution is -2.47.